The zero-order valence-electron chi connectivity index (χ0n) is 13.0. The van der Waals surface area contributed by atoms with Gasteiger partial charge in [-0.25, -0.2) is 4.39 Å². The lowest BCUT2D eigenvalue weighted by atomic mass is 10.0. The summed E-state index contributed by atoms with van der Waals surface area (Å²) in [5.74, 6) is 0.789. The van der Waals surface area contributed by atoms with Gasteiger partial charge in [-0.3, -0.25) is 4.90 Å². The molecule has 1 aliphatic carbocycles. The highest BCUT2D eigenvalue weighted by atomic mass is 19.1. The van der Waals surface area contributed by atoms with E-state index in [1.165, 1.54) is 25.7 Å². The number of nitrogens with one attached hydrogen (secondary N) is 1. The lowest BCUT2D eigenvalue weighted by Gasteiger charge is -2.34. The summed E-state index contributed by atoms with van der Waals surface area (Å²) >= 11 is 0. The Morgan fingerprint density at radius 2 is 2.05 bits per heavy atom. The van der Waals surface area contributed by atoms with Gasteiger partial charge in [0.05, 0.1) is 0 Å². The van der Waals surface area contributed by atoms with Crippen LogP contribution in [-0.4, -0.2) is 30.6 Å². The number of nitrogens with zero attached hydrogens (tertiary/aromatic N) is 1. The molecule has 21 heavy (non-hydrogen) atoms. The summed E-state index contributed by atoms with van der Waals surface area (Å²) < 4.78 is 14.2. The number of benzene rings is 1. The second kappa shape index (κ2) is 6.89. The molecule has 0 bridgehead atoms. The van der Waals surface area contributed by atoms with Gasteiger partial charge in [-0.05, 0) is 50.6 Å². The molecule has 3 heteroatoms. The van der Waals surface area contributed by atoms with Gasteiger partial charge in [0.1, 0.15) is 5.82 Å². The minimum atomic E-state index is -0.0514. The molecule has 1 aliphatic heterocycles. The largest absolute Gasteiger partial charge is 0.313 e. The molecule has 1 heterocycles. The predicted octanol–water partition coefficient (Wildman–Crippen LogP) is 3.74. The van der Waals surface area contributed by atoms with Crippen LogP contribution in [0.1, 0.15) is 50.6 Å². The molecule has 2 atom stereocenters. The van der Waals surface area contributed by atoms with Crippen LogP contribution in [0.4, 0.5) is 4.39 Å². The second-order valence-electron chi connectivity index (χ2n) is 6.64. The zero-order chi connectivity index (χ0) is 14.7. The molecule has 1 N–H and O–H groups in total. The van der Waals surface area contributed by atoms with E-state index in [2.05, 4.69) is 17.1 Å². The van der Waals surface area contributed by atoms with Crippen LogP contribution >= 0.6 is 0 Å². The van der Waals surface area contributed by atoms with E-state index >= 15 is 0 Å². The molecule has 0 aromatic heterocycles. The quantitative estimate of drug-likeness (QED) is 0.823. The fraction of sp³-hybridized carbons (Fsp3) is 0.667. The van der Waals surface area contributed by atoms with E-state index in [4.69, 9.17) is 0 Å². The molecular formula is C18H27FN2. The maximum atomic E-state index is 14.2. The van der Waals surface area contributed by atoms with Crippen molar-refractivity contribution in [1.82, 2.24) is 10.2 Å². The summed E-state index contributed by atoms with van der Waals surface area (Å²) in [4.78, 5) is 2.54. The van der Waals surface area contributed by atoms with E-state index < -0.39 is 0 Å². The second-order valence-corrected chi connectivity index (χ2v) is 6.64. The predicted molar refractivity (Wildman–Crippen MR) is 84.8 cm³/mol. The highest BCUT2D eigenvalue weighted by Gasteiger charge is 2.31. The van der Waals surface area contributed by atoms with Gasteiger partial charge < -0.3 is 5.32 Å². The molecule has 1 aromatic rings. The van der Waals surface area contributed by atoms with Crippen molar-refractivity contribution in [1.29, 1.82) is 0 Å². The van der Waals surface area contributed by atoms with Gasteiger partial charge in [-0.15, -0.1) is 0 Å². The first-order chi connectivity index (χ1) is 10.3. The summed E-state index contributed by atoms with van der Waals surface area (Å²) in [5.41, 5.74) is 0.874. The molecule has 116 valence electrons. The van der Waals surface area contributed by atoms with Gasteiger partial charge in [0.15, 0.2) is 0 Å². The van der Waals surface area contributed by atoms with Crippen molar-refractivity contribution < 1.29 is 4.39 Å². The Balaban J connectivity index is 1.76. The Morgan fingerprint density at radius 1 is 1.24 bits per heavy atom. The lowest BCUT2D eigenvalue weighted by molar-refractivity contribution is 0.165. The van der Waals surface area contributed by atoms with Crippen molar-refractivity contribution in [2.45, 2.75) is 51.1 Å². The van der Waals surface area contributed by atoms with Crippen molar-refractivity contribution in [3.05, 3.63) is 35.6 Å². The average Bonchev–Trinajstić information content (AvgIpc) is 3.15. The maximum Gasteiger partial charge on any atom is 0.127 e. The third kappa shape index (κ3) is 3.83. The van der Waals surface area contributed by atoms with Crippen molar-refractivity contribution in [2.75, 3.05) is 19.6 Å². The summed E-state index contributed by atoms with van der Waals surface area (Å²) in [6.45, 7) is 5.51. The van der Waals surface area contributed by atoms with E-state index in [9.17, 15) is 4.39 Å². The minimum Gasteiger partial charge on any atom is -0.313 e. The molecule has 0 radical (unpaired) electrons. The average molecular weight is 290 g/mol. The third-order valence-corrected chi connectivity index (χ3v) is 4.90. The van der Waals surface area contributed by atoms with Crippen molar-refractivity contribution in [3.63, 3.8) is 0 Å². The van der Waals surface area contributed by atoms with Crippen LogP contribution in [0.5, 0.6) is 0 Å². The standard InChI is InChI=1S/C18H27FN2/c1-2-18(16-7-3-4-8-17(16)19)21(12-14-9-10-14)13-15-6-5-11-20-15/h3-4,7-8,14-15,18,20H,2,5-6,9-13H2,1H3. The van der Waals surface area contributed by atoms with Gasteiger partial charge in [0.25, 0.3) is 0 Å². The Kier molecular flexibility index (Phi) is 4.91. The molecule has 2 unspecified atom stereocenters. The van der Waals surface area contributed by atoms with Crippen LogP contribution in [0.25, 0.3) is 0 Å². The molecule has 3 rings (SSSR count). The molecule has 1 aromatic carbocycles. The molecule has 1 saturated heterocycles. The van der Waals surface area contributed by atoms with Gasteiger partial charge in [-0.1, -0.05) is 25.1 Å². The summed E-state index contributed by atoms with van der Waals surface area (Å²) in [6.07, 6.45) is 6.21. The topological polar surface area (TPSA) is 15.3 Å². The van der Waals surface area contributed by atoms with Crippen molar-refractivity contribution in [2.24, 2.45) is 5.92 Å². The normalized spacial score (nSPS) is 23.7. The fourth-order valence-electron chi connectivity index (χ4n) is 3.58. The van der Waals surface area contributed by atoms with Crippen LogP contribution in [0.2, 0.25) is 0 Å². The molecule has 2 fully saturated rings. The van der Waals surface area contributed by atoms with Gasteiger partial charge in [-0.2, -0.15) is 0 Å². The monoisotopic (exact) mass is 290 g/mol. The first kappa shape index (κ1) is 15.0. The smallest absolute Gasteiger partial charge is 0.127 e. The number of hydrogen-bond donors (Lipinski definition) is 1. The lowest BCUT2D eigenvalue weighted by Crippen LogP contribution is -2.40. The Labute approximate surface area is 127 Å². The van der Waals surface area contributed by atoms with Crippen LogP contribution in [-0.2, 0) is 0 Å². The maximum absolute atomic E-state index is 14.2. The fourth-order valence-corrected chi connectivity index (χ4v) is 3.58. The van der Waals surface area contributed by atoms with Crippen LogP contribution in [0.15, 0.2) is 24.3 Å². The third-order valence-electron chi connectivity index (χ3n) is 4.90. The van der Waals surface area contributed by atoms with Crippen LogP contribution in [0.3, 0.4) is 0 Å². The van der Waals surface area contributed by atoms with E-state index in [1.807, 2.05) is 12.1 Å². The number of hydrogen-bond acceptors (Lipinski definition) is 2. The van der Waals surface area contributed by atoms with E-state index in [-0.39, 0.29) is 11.9 Å². The molecular weight excluding hydrogens is 263 g/mol. The summed E-state index contributed by atoms with van der Waals surface area (Å²) in [6, 6.07) is 8.12. The molecule has 2 nitrogen and oxygen atoms in total. The van der Waals surface area contributed by atoms with Gasteiger partial charge in [0.2, 0.25) is 0 Å². The highest BCUT2D eigenvalue weighted by molar-refractivity contribution is 5.21. The highest BCUT2D eigenvalue weighted by Crippen LogP contribution is 2.35. The van der Waals surface area contributed by atoms with Gasteiger partial charge in [0, 0.05) is 30.7 Å². The Bertz CT molecular complexity index is 452. The van der Waals surface area contributed by atoms with Crippen molar-refractivity contribution >= 4 is 0 Å². The van der Waals surface area contributed by atoms with Crippen molar-refractivity contribution in [3.8, 4) is 0 Å². The van der Waals surface area contributed by atoms with E-state index in [0.29, 0.717) is 6.04 Å². The number of rotatable bonds is 7. The molecule has 1 saturated carbocycles. The first-order valence-corrected chi connectivity index (χ1v) is 8.49. The molecule has 0 spiro atoms. The summed E-state index contributed by atoms with van der Waals surface area (Å²) in [5, 5.41) is 3.59. The molecule has 0 amide bonds. The number of halogens is 1. The first-order valence-electron chi connectivity index (χ1n) is 8.49. The summed E-state index contributed by atoms with van der Waals surface area (Å²) in [7, 11) is 0. The van der Waals surface area contributed by atoms with E-state index in [1.54, 1.807) is 12.1 Å². The zero-order valence-corrected chi connectivity index (χ0v) is 13.0. The SMILES string of the molecule is CCC(c1ccccc1F)N(CC1CC1)CC1CCCN1. The molecule has 2 aliphatic rings. The van der Waals surface area contributed by atoms with Crippen LogP contribution in [0, 0.1) is 11.7 Å². The van der Waals surface area contributed by atoms with E-state index in [0.717, 1.165) is 37.5 Å². The minimum absolute atomic E-state index is 0.0514. The van der Waals surface area contributed by atoms with Crippen LogP contribution < -0.4 is 5.32 Å². The Hall–Kier alpha value is -0.930. The van der Waals surface area contributed by atoms with Gasteiger partial charge >= 0.3 is 0 Å². The Morgan fingerprint density at radius 3 is 2.67 bits per heavy atom.